The first-order valence-electron chi connectivity index (χ1n) is 6.02. The van der Waals surface area contributed by atoms with Gasteiger partial charge in [0.05, 0.1) is 30.7 Å². The van der Waals surface area contributed by atoms with E-state index >= 15 is 0 Å². The summed E-state index contributed by atoms with van der Waals surface area (Å²) in [5.74, 6) is 0.357. The molecule has 5 heteroatoms. The molecule has 0 radical (unpaired) electrons. The van der Waals surface area contributed by atoms with Crippen molar-refractivity contribution in [1.82, 2.24) is 9.97 Å². The number of aliphatic hydroxyl groups excluding tert-OH is 1. The fourth-order valence-corrected chi connectivity index (χ4v) is 1.86. The summed E-state index contributed by atoms with van der Waals surface area (Å²) in [7, 11) is 1.82. The normalized spacial score (nSPS) is 12.2. The van der Waals surface area contributed by atoms with Gasteiger partial charge in [-0.05, 0) is 13.0 Å². The number of anilines is 1. The van der Waals surface area contributed by atoms with Crippen molar-refractivity contribution in [2.24, 2.45) is 0 Å². The smallest absolute Gasteiger partial charge is 0.147 e. The molecule has 0 aliphatic carbocycles. The van der Waals surface area contributed by atoms with Crippen molar-refractivity contribution in [3.8, 4) is 0 Å². The van der Waals surface area contributed by atoms with Gasteiger partial charge in [-0.1, -0.05) is 18.2 Å². The lowest BCUT2D eigenvalue weighted by molar-refractivity contribution is 0.276. The second kappa shape index (κ2) is 5.75. The van der Waals surface area contributed by atoms with E-state index in [9.17, 15) is 4.39 Å². The zero-order valence-corrected chi connectivity index (χ0v) is 10.9. The first-order chi connectivity index (χ1) is 9.13. The average Bonchev–Trinajstić information content (AvgIpc) is 2.46. The van der Waals surface area contributed by atoms with Crippen molar-refractivity contribution in [1.29, 1.82) is 0 Å². The molecule has 1 unspecified atom stereocenters. The Balaban J connectivity index is 2.28. The molecule has 1 aromatic carbocycles. The molecule has 0 spiro atoms. The predicted molar refractivity (Wildman–Crippen MR) is 71.2 cm³/mol. The van der Waals surface area contributed by atoms with Crippen LogP contribution in [0.15, 0.2) is 36.7 Å². The molecule has 0 saturated carbocycles. The maximum atomic E-state index is 13.8. The topological polar surface area (TPSA) is 49.2 Å². The first-order valence-corrected chi connectivity index (χ1v) is 6.02. The Labute approximate surface area is 111 Å². The van der Waals surface area contributed by atoms with E-state index in [2.05, 4.69) is 9.97 Å². The van der Waals surface area contributed by atoms with E-state index in [-0.39, 0.29) is 18.5 Å². The average molecular weight is 261 g/mol. The highest BCUT2D eigenvalue weighted by atomic mass is 19.1. The molecule has 2 aromatic rings. The number of nitrogens with zero attached hydrogens (tertiary/aromatic N) is 3. The Morgan fingerprint density at radius 1 is 1.32 bits per heavy atom. The predicted octanol–water partition coefficient (Wildman–Crippen LogP) is 2.31. The fraction of sp³-hybridized carbons (Fsp3) is 0.286. The summed E-state index contributed by atoms with van der Waals surface area (Å²) >= 11 is 0. The molecular formula is C14H16FN3O. The van der Waals surface area contributed by atoms with Crippen molar-refractivity contribution < 1.29 is 9.50 Å². The number of hydrogen-bond donors (Lipinski definition) is 1. The van der Waals surface area contributed by atoms with Gasteiger partial charge < -0.3 is 10.0 Å². The van der Waals surface area contributed by atoms with E-state index < -0.39 is 0 Å². The van der Waals surface area contributed by atoms with E-state index in [4.69, 9.17) is 5.11 Å². The molecule has 0 bridgehead atoms. The maximum absolute atomic E-state index is 13.8. The van der Waals surface area contributed by atoms with Crippen LogP contribution in [-0.2, 0) is 6.61 Å². The van der Waals surface area contributed by atoms with E-state index in [1.54, 1.807) is 24.4 Å². The third kappa shape index (κ3) is 2.88. The van der Waals surface area contributed by atoms with Crippen molar-refractivity contribution in [3.05, 3.63) is 53.7 Å². The van der Waals surface area contributed by atoms with Crippen LogP contribution >= 0.6 is 0 Å². The van der Waals surface area contributed by atoms with Gasteiger partial charge in [0.25, 0.3) is 0 Å². The Bertz CT molecular complexity index is 562. The molecule has 1 N–H and O–H groups in total. The molecule has 1 heterocycles. The summed E-state index contributed by atoms with van der Waals surface area (Å²) in [4.78, 5) is 10.1. The van der Waals surface area contributed by atoms with Crippen LogP contribution in [0.1, 0.15) is 24.2 Å². The van der Waals surface area contributed by atoms with Gasteiger partial charge in [0, 0.05) is 12.6 Å². The van der Waals surface area contributed by atoms with Crippen LogP contribution in [0, 0.1) is 5.82 Å². The molecule has 1 aromatic heterocycles. The minimum absolute atomic E-state index is 0.164. The third-order valence-electron chi connectivity index (χ3n) is 3.13. The van der Waals surface area contributed by atoms with Gasteiger partial charge in [0.2, 0.25) is 0 Å². The lowest BCUT2D eigenvalue weighted by atomic mass is 10.1. The van der Waals surface area contributed by atoms with Gasteiger partial charge in [0.1, 0.15) is 11.6 Å². The zero-order valence-electron chi connectivity index (χ0n) is 10.9. The van der Waals surface area contributed by atoms with Crippen molar-refractivity contribution in [2.75, 3.05) is 11.9 Å². The van der Waals surface area contributed by atoms with Crippen molar-refractivity contribution >= 4 is 5.82 Å². The summed E-state index contributed by atoms with van der Waals surface area (Å²) in [5, 5.41) is 9.06. The standard InChI is InChI=1S/C14H16FN3O/c1-10(12-5-3-4-6-13(12)15)18(2)14-8-16-7-11(9-19)17-14/h3-8,10,19H,9H2,1-2H3. The van der Waals surface area contributed by atoms with Crippen LogP contribution in [0.25, 0.3) is 0 Å². The number of aromatic nitrogens is 2. The molecule has 2 rings (SSSR count). The Morgan fingerprint density at radius 3 is 2.74 bits per heavy atom. The van der Waals surface area contributed by atoms with Gasteiger partial charge in [-0.3, -0.25) is 4.98 Å². The molecule has 0 saturated heterocycles. The van der Waals surface area contributed by atoms with Crippen molar-refractivity contribution in [2.45, 2.75) is 19.6 Å². The zero-order chi connectivity index (χ0) is 13.8. The molecule has 19 heavy (non-hydrogen) atoms. The lowest BCUT2D eigenvalue weighted by Gasteiger charge is -2.26. The van der Waals surface area contributed by atoms with Crippen molar-refractivity contribution in [3.63, 3.8) is 0 Å². The number of rotatable bonds is 4. The minimum Gasteiger partial charge on any atom is -0.390 e. The fourth-order valence-electron chi connectivity index (χ4n) is 1.86. The summed E-state index contributed by atoms with van der Waals surface area (Å²) in [5.41, 5.74) is 1.09. The largest absolute Gasteiger partial charge is 0.390 e. The van der Waals surface area contributed by atoms with Gasteiger partial charge >= 0.3 is 0 Å². The van der Waals surface area contributed by atoms with Gasteiger partial charge in [-0.15, -0.1) is 0 Å². The molecule has 4 nitrogen and oxygen atoms in total. The molecule has 100 valence electrons. The van der Waals surface area contributed by atoms with Crippen LogP contribution in [0.2, 0.25) is 0 Å². The number of aliphatic hydroxyl groups is 1. The van der Waals surface area contributed by atoms with Crippen LogP contribution in [0.3, 0.4) is 0 Å². The summed E-state index contributed by atoms with van der Waals surface area (Å²) in [6, 6.07) is 6.48. The maximum Gasteiger partial charge on any atom is 0.147 e. The van der Waals surface area contributed by atoms with Gasteiger partial charge in [-0.25, -0.2) is 9.37 Å². The van der Waals surface area contributed by atoms with Gasteiger partial charge in [-0.2, -0.15) is 0 Å². The Hall–Kier alpha value is -2.01. The SMILES string of the molecule is CC(c1ccccc1F)N(C)c1cncc(CO)n1. The molecule has 0 aliphatic heterocycles. The number of halogens is 1. The van der Waals surface area contributed by atoms with Crippen LogP contribution in [-0.4, -0.2) is 22.1 Å². The van der Waals surface area contributed by atoms with Crippen LogP contribution < -0.4 is 4.90 Å². The molecule has 0 amide bonds. The monoisotopic (exact) mass is 261 g/mol. The highest BCUT2D eigenvalue weighted by Crippen LogP contribution is 2.25. The van der Waals surface area contributed by atoms with E-state index in [0.29, 0.717) is 17.1 Å². The summed E-state index contributed by atoms with van der Waals surface area (Å²) in [6.07, 6.45) is 3.10. The Kier molecular flexibility index (Phi) is 4.06. The highest BCUT2D eigenvalue weighted by Gasteiger charge is 2.17. The lowest BCUT2D eigenvalue weighted by Crippen LogP contribution is -2.24. The molecule has 1 atom stereocenters. The van der Waals surface area contributed by atoms with Crippen LogP contribution in [0.5, 0.6) is 0 Å². The van der Waals surface area contributed by atoms with E-state index in [1.807, 2.05) is 18.9 Å². The van der Waals surface area contributed by atoms with E-state index in [1.165, 1.54) is 12.3 Å². The van der Waals surface area contributed by atoms with E-state index in [0.717, 1.165) is 0 Å². The molecule has 0 aliphatic rings. The Morgan fingerprint density at radius 2 is 2.05 bits per heavy atom. The number of hydrogen-bond acceptors (Lipinski definition) is 4. The first kappa shape index (κ1) is 13.4. The summed E-state index contributed by atoms with van der Waals surface area (Å²) in [6.45, 7) is 1.73. The second-order valence-corrected chi connectivity index (χ2v) is 4.34. The molecular weight excluding hydrogens is 245 g/mol. The second-order valence-electron chi connectivity index (χ2n) is 4.34. The quantitative estimate of drug-likeness (QED) is 0.917. The van der Waals surface area contributed by atoms with Crippen LogP contribution in [0.4, 0.5) is 10.2 Å². The third-order valence-corrected chi connectivity index (χ3v) is 3.13. The number of benzene rings is 1. The summed E-state index contributed by atoms with van der Waals surface area (Å²) < 4.78 is 13.8. The molecule has 0 fully saturated rings. The minimum atomic E-state index is -0.242. The highest BCUT2D eigenvalue weighted by molar-refractivity contribution is 5.39. The van der Waals surface area contributed by atoms with Gasteiger partial charge in [0.15, 0.2) is 0 Å².